The summed E-state index contributed by atoms with van der Waals surface area (Å²) < 4.78 is 5.79. The number of fused-ring (bicyclic) bond motifs is 1. The normalized spacial score (nSPS) is 38.3. The van der Waals surface area contributed by atoms with E-state index < -0.39 is 0 Å². The van der Waals surface area contributed by atoms with E-state index in [0.29, 0.717) is 35.7 Å². The van der Waals surface area contributed by atoms with E-state index in [0.717, 1.165) is 43.3 Å². The number of nitrogens with zero attached hydrogens (tertiary/aromatic N) is 2. The summed E-state index contributed by atoms with van der Waals surface area (Å²) in [6, 6.07) is 0.743. The lowest BCUT2D eigenvalue weighted by Crippen LogP contribution is -2.55. The van der Waals surface area contributed by atoms with E-state index in [4.69, 9.17) is 10.1 Å². The van der Waals surface area contributed by atoms with Crippen molar-refractivity contribution in [1.82, 2.24) is 10.2 Å². The van der Waals surface area contributed by atoms with Gasteiger partial charge in [0.15, 0.2) is 0 Å². The molecule has 0 spiro atoms. The van der Waals surface area contributed by atoms with E-state index in [-0.39, 0.29) is 0 Å². The van der Waals surface area contributed by atoms with Crippen LogP contribution in [0, 0.1) is 23.2 Å². The maximum Gasteiger partial charge on any atom is 0.129 e. The molecule has 2 heterocycles. The Hall–Kier alpha value is -1.20. The Balaban J connectivity index is 1.99. The molecule has 1 saturated heterocycles. The maximum absolute atomic E-state index is 8.31. The minimum absolute atomic E-state index is 0.331. The third-order valence-electron chi connectivity index (χ3n) is 6.78. The van der Waals surface area contributed by atoms with Gasteiger partial charge in [-0.05, 0) is 57.5 Å². The lowest BCUT2D eigenvalue weighted by atomic mass is 9.72. The molecule has 1 aliphatic carbocycles. The molecule has 0 amide bonds. The molecule has 5 atom stereocenters. The minimum Gasteiger partial charge on any atom is -0.381 e. The second-order valence-corrected chi connectivity index (χ2v) is 8.63. The van der Waals surface area contributed by atoms with Crippen LogP contribution in [0.2, 0.25) is 0 Å². The minimum atomic E-state index is 0.331. The van der Waals surface area contributed by atoms with Crippen LogP contribution in [0.4, 0.5) is 0 Å². The third kappa shape index (κ3) is 3.89. The van der Waals surface area contributed by atoms with Gasteiger partial charge in [0.25, 0.3) is 0 Å². The molecule has 2 aliphatic heterocycles. The van der Waals surface area contributed by atoms with Crippen molar-refractivity contribution in [3.05, 3.63) is 11.6 Å². The summed E-state index contributed by atoms with van der Waals surface area (Å²) >= 11 is 0. The highest BCUT2D eigenvalue weighted by molar-refractivity contribution is 6.22. The number of hydrogen-bond acceptors (Lipinski definition) is 4. The number of amidine groups is 1. The van der Waals surface area contributed by atoms with Gasteiger partial charge in [-0.3, -0.25) is 9.89 Å². The largest absolute Gasteiger partial charge is 0.381 e. The summed E-state index contributed by atoms with van der Waals surface area (Å²) in [6.07, 6.45) is 7.37. The number of methoxy groups -OCH3 is 1. The van der Waals surface area contributed by atoms with Crippen molar-refractivity contribution in [3.63, 3.8) is 0 Å². The van der Waals surface area contributed by atoms with Crippen LogP contribution in [0.1, 0.15) is 46.5 Å². The quantitative estimate of drug-likeness (QED) is 0.760. The van der Waals surface area contributed by atoms with E-state index in [9.17, 15) is 0 Å². The Morgan fingerprint density at radius 2 is 1.96 bits per heavy atom. The molecule has 2 N–H and O–H groups in total. The van der Waals surface area contributed by atoms with E-state index in [1.807, 2.05) is 21.1 Å². The Kier molecular flexibility index (Phi) is 6.18. The van der Waals surface area contributed by atoms with Gasteiger partial charge < -0.3 is 15.5 Å². The van der Waals surface area contributed by atoms with Crippen molar-refractivity contribution >= 4 is 11.5 Å². The van der Waals surface area contributed by atoms with Gasteiger partial charge in [0.05, 0.1) is 6.10 Å². The van der Waals surface area contributed by atoms with Gasteiger partial charge in [0.2, 0.25) is 0 Å². The molecule has 1 saturated carbocycles. The summed E-state index contributed by atoms with van der Waals surface area (Å²) in [5.41, 5.74) is 1.58. The number of aliphatic imine (C=N–C) groups is 1. The average Bonchev–Trinajstić information content (AvgIpc) is 2.79. The Morgan fingerprint density at radius 3 is 2.54 bits per heavy atom. The molecule has 146 valence electrons. The second kappa shape index (κ2) is 8.22. The van der Waals surface area contributed by atoms with Crippen LogP contribution in [-0.2, 0) is 4.74 Å². The second-order valence-electron chi connectivity index (χ2n) is 8.63. The summed E-state index contributed by atoms with van der Waals surface area (Å²) in [5, 5.41) is 12.0. The number of likely N-dealkylation sites (tertiary alicyclic amines) is 1. The summed E-state index contributed by atoms with van der Waals surface area (Å²) in [5.74, 6) is 2.73. The zero-order valence-electron chi connectivity index (χ0n) is 17.1. The maximum atomic E-state index is 8.31. The molecular formula is C21H36N4O. The number of nitrogens with one attached hydrogen (secondary N) is 2. The van der Waals surface area contributed by atoms with Crippen LogP contribution >= 0.6 is 0 Å². The fraction of sp³-hybridized carbons (Fsp3) is 0.810. The van der Waals surface area contributed by atoms with E-state index >= 15 is 0 Å². The van der Waals surface area contributed by atoms with E-state index in [1.54, 1.807) is 0 Å². The first-order valence-electron chi connectivity index (χ1n) is 10.2. The molecule has 2 fully saturated rings. The fourth-order valence-electron chi connectivity index (χ4n) is 5.12. The standard InChI is InChI=1S/C21H36N4O/c1-13-6-8-25(9-7-13)19-12-17(15(3)22)21(23-4)24-20-14(2)10-16(26-5)11-18(19)20/h12-14,16,18-20,22H,6-11H2,1-5H3,(H,23,24). The number of piperidine rings is 1. The fourth-order valence-corrected chi connectivity index (χ4v) is 5.12. The molecule has 0 aromatic carbocycles. The highest BCUT2D eigenvalue weighted by Crippen LogP contribution is 2.38. The molecule has 5 unspecified atom stereocenters. The van der Waals surface area contributed by atoms with Gasteiger partial charge >= 0.3 is 0 Å². The van der Waals surface area contributed by atoms with Crippen molar-refractivity contribution in [3.8, 4) is 0 Å². The van der Waals surface area contributed by atoms with Crippen molar-refractivity contribution in [2.75, 3.05) is 27.2 Å². The third-order valence-corrected chi connectivity index (χ3v) is 6.78. The number of hydrogen-bond donors (Lipinski definition) is 2. The lowest BCUT2D eigenvalue weighted by molar-refractivity contribution is -0.00666. The molecule has 3 aliphatic rings. The monoisotopic (exact) mass is 360 g/mol. The number of rotatable bonds is 3. The molecule has 5 nitrogen and oxygen atoms in total. The predicted molar refractivity (Wildman–Crippen MR) is 108 cm³/mol. The summed E-state index contributed by atoms with van der Waals surface area (Å²) in [4.78, 5) is 7.17. The van der Waals surface area contributed by atoms with Crippen molar-refractivity contribution in [2.24, 2.45) is 22.7 Å². The Bertz CT molecular complexity index is 577. The summed E-state index contributed by atoms with van der Waals surface area (Å²) in [6.45, 7) is 8.88. The molecule has 0 bridgehead atoms. The molecule has 0 radical (unpaired) electrons. The van der Waals surface area contributed by atoms with Crippen LogP contribution in [-0.4, -0.2) is 61.9 Å². The highest BCUT2D eigenvalue weighted by atomic mass is 16.5. The first-order chi connectivity index (χ1) is 12.4. The van der Waals surface area contributed by atoms with Crippen LogP contribution in [0.5, 0.6) is 0 Å². The highest BCUT2D eigenvalue weighted by Gasteiger charge is 2.44. The van der Waals surface area contributed by atoms with Crippen molar-refractivity contribution < 1.29 is 4.74 Å². The molecule has 3 rings (SSSR count). The van der Waals surface area contributed by atoms with Crippen molar-refractivity contribution in [1.29, 1.82) is 5.41 Å². The first-order valence-corrected chi connectivity index (χ1v) is 10.2. The van der Waals surface area contributed by atoms with Crippen LogP contribution < -0.4 is 5.32 Å². The Labute approximate surface area is 158 Å². The lowest BCUT2D eigenvalue weighted by Gasteiger charge is -2.46. The molecule has 5 heteroatoms. The van der Waals surface area contributed by atoms with Gasteiger partial charge in [-0.15, -0.1) is 0 Å². The van der Waals surface area contributed by atoms with Gasteiger partial charge in [0.1, 0.15) is 5.84 Å². The first kappa shape index (κ1) is 19.6. The van der Waals surface area contributed by atoms with Crippen LogP contribution in [0.3, 0.4) is 0 Å². The van der Waals surface area contributed by atoms with Gasteiger partial charge in [0, 0.05) is 43.4 Å². The SMILES string of the molecule is CN=C1NC2C(C)CC(OC)CC2C(N2CCC(C)CC2)C=C1C(C)=N. The summed E-state index contributed by atoms with van der Waals surface area (Å²) in [7, 11) is 3.68. The van der Waals surface area contributed by atoms with Gasteiger partial charge in [-0.2, -0.15) is 0 Å². The van der Waals surface area contributed by atoms with E-state index in [1.165, 1.54) is 12.8 Å². The molecule has 0 aromatic heterocycles. The van der Waals surface area contributed by atoms with Gasteiger partial charge in [-0.25, -0.2) is 0 Å². The number of ether oxygens (including phenoxy) is 1. The zero-order valence-corrected chi connectivity index (χ0v) is 17.1. The van der Waals surface area contributed by atoms with E-state index in [2.05, 4.69) is 35.1 Å². The zero-order chi connectivity index (χ0) is 18.8. The smallest absolute Gasteiger partial charge is 0.129 e. The Morgan fingerprint density at radius 1 is 1.27 bits per heavy atom. The predicted octanol–water partition coefficient (Wildman–Crippen LogP) is 3.11. The van der Waals surface area contributed by atoms with Crippen LogP contribution in [0.25, 0.3) is 0 Å². The topological polar surface area (TPSA) is 60.7 Å². The molecular weight excluding hydrogens is 324 g/mol. The van der Waals surface area contributed by atoms with Gasteiger partial charge in [-0.1, -0.05) is 19.9 Å². The van der Waals surface area contributed by atoms with Crippen molar-refractivity contribution in [2.45, 2.75) is 64.6 Å². The molecule has 0 aromatic rings. The molecule has 26 heavy (non-hydrogen) atoms. The van der Waals surface area contributed by atoms with Crippen LogP contribution in [0.15, 0.2) is 16.6 Å². The average molecular weight is 361 g/mol.